The van der Waals surface area contributed by atoms with E-state index in [1.807, 2.05) is 19.1 Å². The lowest BCUT2D eigenvalue weighted by atomic mass is 10.2. The Morgan fingerprint density at radius 2 is 1.89 bits per heavy atom. The number of amides is 1. The summed E-state index contributed by atoms with van der Waals surface area (Å²) in [6.45, 7) is 9.98. The predicted octanol–water partition coefficient (Wildman–Crippen LogP) is 3.12. The zero-order chi connectivity index (χ0) is 19.9. The van der Waals surface area contributed by atoms with Crippen molar-refractivity contribution in [3.63, 3.8) is 0 Å². The number of rotatable bonds is 7. The standard InChI is InChI=1S/C21H29N5OS/c1-4-17(3)22-20(27)15-28-21-9-8-19(23-24-21)26-12-10-25(11-13-26)18-7-5-6-16(2)14-18/h5-9,14,17H,4,10-13,15H2,1-3H3,(H,22,27). The number of carbonyl (C=O) groups excluding carboxylic acids is 1. The summed E-state index contributed by atoms with van der Waals surface area (Å²) in [6.07, 6.45) is 0.933. The van der Waals surface area contributed by atoms with E-state index in [1.54, 1.807) is 0 Å². The number of aryl methyl sites for hydroxylation is 1. The van der Waals surface area contributed by atoms with Gasteiger partial charge in [0.2, 0.25) is 5.91 Å². The molecule has 1 aromatic carbocycles. The van der Waals surface area contributed by atoms with Crippen LogP contribution in [0.4, 0.5) is 11.5 Å². The molecule has 1 amide bonds. The summed E-state index contributed by atoms with van der Waals surface area (Å²) in [6, 6.07) is 12.8. The number of piperazine rings is 1. The molecule has 1 aromatic heterocycles. The monoisotopic (exact) mass is 399 g/mol. The van der Waals surface area contributed by atoms with Crippen molar-refractivity contribution in [2.75, 3.05) is 41.7 Å². The van der Waals surface area contributed by atoms with Crippen LogP contribution in [-0.4, -0.2) is 54.1 Å². The molecule has 150 valence electrons. The van der Waals surface area contributed by atoms with Crippen LogP contribution in [0.3, 0.4) is 0 Å². The van der Waals surface area contributed by atoms with Crippen LogP contribution in [0.15, 0.2) is 41.4 Å². The van der Waals surface area contributed by atoms with Crippen molar-refractivity contribution in [1.82, 2.24) is 15.5 Å². The van der Waals surface area contributed by atoms with Gasteiger partial charge in [-0.25, -0.2) is 0 Å². The third-order valence-electron chi connectivity index (χ3n) is 4.97. The molecule has 1 aliphatic rings. The van der Waals surface area contributed by atoms with Gasteiger partial charge in [0.25, 0.3) is 0 Å². The van der Waals surface area contributed by atoms with Crippen LogP contribution in [0.5, 0.6) is 0 Å². The first kappa shape index (κ1) is 20.5. The molecule has 0 aliphatic carbocycles. The third-order valence-corrected chi connectivity index (χ3v) is 5.89. The molecule has 3 rings (SSSR count). The highest BCUT2D eigenvalue weighted by atomic mass is 32.2. The molecule has 1 unspecified atom stereocenters. The van der Waals surface area contributed by atoms with Gasteiger partial charge in [-0.2, -0.15) is 0 Å². The minimum Gasteiger partial charge on any atom is -0.368 e. The van der Waals surface area contributed by atoms with Gasteiger partial charge in [0.05, 0.1) is 5.75 Å². The molecule has 0 radical (unpaired) electrons. The molecule has 0 spiro atoms. The summed E-state index contributed by atoms with van der Waals surface area (Å²) in [7, 11) is 0. The number of thioether (sulfide) groups is 1. The maximum atomic E-state index is 11.9. The SMILES string of the molecule is CCC(C)NC(=O)CSc1ccc(N2CCN(c3cccc(C)c3)CC2)nn1. The van der Waals surface area contributed by atoms with Crippen molar-refractivity contribution in [2.24, 2.45) is 0 Å². The van der Waals surface area contributed by atoms with Crippen LogP contribution in [0.25, 0.3) is 0 Å². The number of aromatic nitrogens is 2. The van der Waals surface area contributed by atoms with Crippen LogP contribution in [0.1, 0.15) is 25.8 Å². The Kier molecular flexibility index (Phi) is 7.14. The molecule has 0 saturated carbocycles. The van der Waals surface area contributed by atoms with E-state index in [0.29, 0.717) is 5.75 Å². The largest absolute Gasteiger partial charge is 0.368 e. The van der Waals surface area contributed by atoms with Crippen LogP contribution in [-0.2, 0) is 4.79 Å². The highest BCUT2D eigenvalue weighted by Gasteiger charge is 2.19. The average molecular weight is 400 g/mol. The number of hydrogen-bond donors (Lipinski definition) is 1. The molecule has 6 nitrogen and oxygen atoms in total. The van der Waals surface area contributed by atoms with E-state index >= 15 is 0 Å². The molecule has 1 atom stereocenters. The lowest BCUT2D eigenvalue weighted by molar-refractivity contribution is -0.119. The molecule has 1 saturated heterocycles. The van der Waals surface area contributed by atoms with Gasteiger partial charge < -0.3 is 15.1 Å². The van der Waals surface area contributed by atoms with Crippen molar-refractivity contribution in [1.29, 1.82) is 0 Å². The Bertz CT molecular complexity index is 775. The van der Waals surface area contributed by atoms with E-state index < -0.39 is 0 Å². The zero-order valence-electron chi connectivity index (χ0n) is 16.9. The Hall–Kier alpha value is -2.28. The predicted molar refractivity (Wildman–Crippen MR) is 116 cm³/mol. The van der Waals surface area contributed by atoms with Crippen LogP contribution < -0.4 is 15.1 Å². The molecule has 28 heavy (non-hydrogen) atoms. The normalized spacial score (nSPS) is 15.4. The molecule has 7 heteroatoms. The Balaban J connectivity index is 1.48. The summed E-state index contributed by atoms with van der Waals surface area (Å²) >= 11 is 1.42. The van der Waals surface area contributed by atoms with Gasteiger partial charge in [-0.1, -0.05) is 30.8 Å². The number of benzene rings is 1. The highest BCUT2D eigenvalue weighted by Crippen LogP contribution is 2.21. The number of anilines is 2. The lowest BCUT2D eigenvalue weighted by Gasteiger charge is -2.36. The number of carbonyl (C=O) groups is 1. The van der Waals surface area contributed by atoms with Crippen LogP contribution >= 0.6 is 11.8 Å². The lowest BCUT2D eigenvalue weighted by Crippen LogP contribution is -2.46. The van der Waals surface area contributed by atoms with Gasteiger partial charge in [-0.3, -0.25) is 4.79 Å². The fraction of sp³-hybridized carbons (Fsp3) is 0.476. The Labute approximate surface area is 171 Å². The second-order valence-corrected chi connectivity index (χ2v) is 8.20. The van der Waals surface area contributed by atoms with Gasteiger partial charge in [-0.15, -0.1) is 10.2 Å². The Morgan fingerprint density at radius 1 is 1.14 bits per heavy atom. The van der Waals surface area contributed by atoms with Gasteiger partial charge in [0.1, 0.15) is 5.03 Å². The quantitative estimate of drug-likeness (QED) is 0.722. The summed E-state index contributed by atoms with van der Waals surface area (Å²) in [5.41, 5.74) is 2.57. The molecule has 1 aliphatic heterocycles. The first-order chi connectivity index (χ1) is 13.5. The molecule has 1 N–H and O–H groups in total. The first-order valence-corrected chi connectivity index (χ1v) is 10.9. The molecular formula is C21H29N5OS. The maximum absolute atomic E-state index is 11.9. The van der Waals surface area contributed by atoms with E-state index in [-0.39, 0.29) is 11.9 Å². The number of nitrogens with one attached hydrogen (secondary N) is 1. The highest BCUT2D eigenvalue weighted by molar-refractivity contribution is 7.99. The van der Waals surface area contributed by atoms with Crippen LogP contribution in [0.2, 0.25) is 0 Å². The smallest absolute Gasteiger partial charge is 0.230 e. The minimum atomic E-state index is 0.0393. The summed E-state index contributed by atoms with van der Waals surface area (Å²) in [4.78, 5) is 16.6. The Morgan fingerprint density at radius 3 is 2.54 bits per heavy atom. The molecule has 2 aromatic rings. The van der Waals surface area contributed by atoms with Crippen molar-refractivity contribution in [2.45, 2.75) is 38.3 Å². The first-order valence-electron chi connectivity index (χ1n) is 9.87. The second-order valence-electron chi connectivity index (χ2n) is 7.21. The number of hydrogen-bond acceptors (Lipinski definition) is 6. The zero-order valence-corrected chi connectivity index (χ0v) is 17.7. The van der Waals surface area contributed by atoms with E-state index in [9.17, 15) is 4.79 Å². The third kappa shape index (κ3) is 5.61. The van der Waals surface area contributed by atoms with Crippen molar-refractivity contribution < 1.29 is 4.79 Å². The van der Waals surface area contributed by atoms with E-state index in [0.717, 1.165) is 43.4 Å². The van der Waals surface area contributed by atoms with Crippen molar-refractivity contribution in [3.05, 3.63) is 42.0 Å². The topological polar surface area (TPSA) is 61.4 Å². The molecular weight excluding hydrogens is 370 g/mol. The van der Waals surface area contributed by atoms with E-state index in [1.165, 1.54) is 23.0 Å². The van der Waals surface area contributed by atoms with E-state index in [4.69, 9.17) is 0 Å². The van der Waals surface area contributed by atoms with Gasteiger partial charge in [-0.05, 0) is 50.1 Å². The maximum Gasteiger partial charge on any atom is 0.230 e. The van der Waals surface area contributed by atoms with Crippen molar-refractivity contribution >= 4 is 29.2 Å². The van der Waals surface area contributed by atoms with Gasteiger partial charge >= 0.3 is 0 Å². The van der Waals surface area contributed by atoms with Crippen LogP contribution in [0, 0.1) is 6.92 Å². The summed E-state index contributed by atoms with van der Waals surface area (Å²) in [5.74, 6) is 1.31. The minimum absolute atomic E-state index is 0.0393. The average Bonchev–Trinajstić information content (AvgIpc) is 2.72. The summed E-state index contributed by atoms with van der Waals surface area (Å²) < 4.78 is 0. The summed E-state index contributed by atoms with van der Waals surface area (Å²) in [5, 5.41) is 12.4. The molecule has 2 heterocycles. The number of nitrogens with zero attached hydrogens (tertiary/aromatic N) is 4. The van der Waals surface area contributed by atoms with Gasteiger partial charge in [0, 0.05) is 37.9 Å². The molecule has 0 bridgehead atoms. The fourth-order valence-corrected chi connectivity index (χ4v) is 3.76. The van der Waals surface area contributed by atoms with E-state index in [2.05, 4.69) is 63.4 Å². The second kappa shape index (κ2) is 9.78. The molecule has 1 fully saturated rings. The van der Waals surface area contributed by atoms with Crippen molar-refractivity contribution in [3.8, 4) is 0 Å². The fourth-order valence-electron chi connectivity index (χ4n) is 3.14. The van der Waals surface area contributed by atoms with Gasteiger partial charge in [0.15, 0.2) is 5.82 Å².